The summed E-state index contributed by atoms with van der Waals surface area (Å²) in [6.07, 6.45) is 0.986. The van der Waals surface area contributed by atoms with E-state index in [2.05, 4.69) is 27.1 Å². The summed E-state index contributed by atoms with van der Waals surface area (Å²) in [5, 5.41) is 14.5. The molecule has 1 aliphatic carbocycles. The lowest BCUT2D eigenvalue weighted by molar-refractivity contribution is -0.119. The van der Waals surface area contributed by atoms with Gasteiger partial charge < -0.3 is 15.2 Å². The molecule has 4 rings (SSSR count). The van der Waals surface area contributed by atoms with E-state index in [1.165, 1.54) is 0 Å². The normalized spacial score (nSPS) is 19.8. The fourth-order valence-electron chi connectivity index (χ4n) is 4.71. The van der Waals surface area contributed by atoms with Gasteiger partial charge in [-0.05, 0) is 52.9 Å². The number of rotatable bonds is 4. The number of methoxy groups -OCH3 is 1. The number of halogens is 1. The number of aryl methyl sites for hydroxylation is 1. The zero-order valence-corrected chi connectivity index (χ0v) is 21.0. The molecule has 33 heavy (non-hydrogen) atoms. The van der Waals surface area contributed by atoms with Gasteiger partial charge in [-0.1, -0.05) is 19.9 Å². The predicted molar refractivity (Wildman–Crippen MR) is 127 cm³/mol. The van der Waals surface area contributed by atoms with Gasteiger partial charge in [0.25, 0.3) is 0 Å². The summed E-state index contributed by atoms with van der Waals surface area (Å²) in [6.45, 7) is 8.48. The number of ketones is 1. The number of carbonyl (C=O) groups is 1. The Morgan fingerprint density at radius 2 is 2.09 bits per heavy atom. The van der Waals surface area contributed by atoms with Crippen LogP contribution in [0.15, 0.2) is 45.5 Å². The molecule has 1 aromatic carbocycles. The maximum Gasteiger partial charge on any atom is 0.205 e. The summed E-state index contributed by atoms with van der Waals surface area (Å²) in [6, 6.07) is 7.91. The Kier molecular flexibility index (Phi) is 5.87. The highest BCUT2D eigenvalue weighted by atomic mass is 79.9. The zero-order valence-electron chi connectivity index (χ0n) is 19.5. The number of nitriles is 1. The predicted octanol–water partition coefficient (Wildman–Crippen LogP) is 4.77. The standard InChI is InChI=1S/C25H27BrN4O3/c1-13-23(26)14(2)30(29-13)12-16-8-15(6-7-19(16)32-5)21-17(11-27)24(28)33-20-10-25(3,4)9-18(31)22(20)21/h6-8,21H,9-10,12,28H2,1-5H3. The van der Waals surface area contributed by atoms with Crippen LogP contribution in [0.25, 0.3) is 0 Å². The number of Topliss-reactive ketones (excluding diaryl/α,β-unsaturated/α-hetero) is 1. The van der Waals surface area contributed by atoms with E-state index >= 15 is 0 Å². The van der Waals surface area contributed by atoms with Crippen LogP contribution in [-0.4, -0.2) is 22.7 Å². The quantitative estimate of drug-likeness (QED) is 0.635. The van der Waals surface area contributed by atoms with Gasteiger partial charge in [0.05, 0.1) is 35.4 Å². The number of hydrogen-bond donors (Lipinski definition) is 1. The van der Waals surface area contributed by atoms with Gasteiger partial charge in [0, 0.05) is 24.0 Å². The molecule has 2 aliphatic rings. The summed E-state index contributed by atoms with van der Waals surface area (Å²) < 4.78 is 14.3. The van der Waals surface area contributed by atoms with E-state index in [0.29, 0.717) is 36.5 Å². The van der Waals surface area contributed by atoms with Crippen molar-refractivity contribution < 1.29 is 14.3 Å². The Labute approximate surface area is 202 Å². The molecule has 1 aliphatic heterocycles. The summed E-state index contributed by atoms with van der Waals surface area (Å²) in [5.74, 6) is 0.755. The molecule has 172 valence electrons. The highest BCUT2D eigenvalue weighted by Gasteiger charge is 2.43. The maximum absolute atomic E-state index is 13.2. The number of ether oxygens (including phenoxy) is 2. The third-order valence-electron chi connectivity index (χ3n) is 6.33. The minimum Gasteiger partial charge on any atom is -0.496 e. The molecule has 1 unspecified atom stereocenters. The lowest BCUT2D eigenvalue weighted by atomic mass is 9.70. The van der Waals surface area contributed by atoms with E-state index in [-0.39, 0.29) is 22.7 Å². The fourth-order valence-corrected chi connectivity index (χ4v) is 4.99. The molecule has 0 radical (unpaired) electrons. The van der Waals surface area contributed by atoms with E-state index < -0.39 is 5.92 Å². The Balaban J connectivity index is 1.84. The minimum atomic E-state index is -0.570. The van der Waals surface area contributed by atoms with Crippen molar-refractivity contribution in [2.45, 2.75) is 53.0 Å². The van der Waals surface area contributed by atoms with Crippen LogP contribution in [0.2, 0.25) is 0 Å². The Morgan fingerprint density at radius 1 is 1.36 bits per heavy atom. The molecule has 0 saturated carbocycles. The number of aromatic nitrogens is 2. The van der Waals surface area contributed by atoms with Gasteiger partial charge in [-0.25, -0.2) is 0 Å². The van der Waals surface area contributed by atoms with Crippen molar-refractivity contribution in [3.05, 3.63) is 68.0 Å². The van der Waals surface area contributed by atoms with Crippen molar-refractivity contribution in [2.24, 2.45) is 11.1 Å². The van der Waals surface area contributed by atoms with E-state index in [4.69, 9.17) is 15.2 Å². The van der Waals surface area contributed by atoms with Crippen molar-refractivity contribution in [3.8, 4) is 11.8 Å². The Bertz CT molecular complexity index is 1260. The molecule has 0 saturated heterocycles. The third kappa shape index (κ3) is 4.06. The van der Waals surface area contributed by atoms with Crippen LogP contribution in [0, 0.1) is 30.6 Å². The maximum atomic E-state index is 13.2. The lowest BCUT2D eigenvalue weighted by Gasteiger charge is -2.37. The molecule has 1 atom stereocenters. The molecule has 2 aromatic rings. The first-order valence-corrected chi connectivity index (χ1v) is 11.6. The van der Waals surface area contributed by atoms with Gasteiger partial charge in [0.15, 0.2) is 5.78 Å². The second-order valence-electron chi connectivity index (χ2n) is 9.42. The third-order valence-corrected chi connectivity index (χ3v) is 7.47. The smallest absolute Gasteiger partial charge is 0.205 e. The molecule has 1 aromatic heterocycles. The molecule has 0 fully saturated rings. The summed E-state index contributed by atoms with van der Waals surface area (Å²) in [5.41, 5.74) is 10.3. The van der Waals surface area contributed by atoms with Crippen LogP contribution in [0.4, 0.5) is 0 Å². The van der Waals surface area contributed by atoms with Crippen molar-refractivity contribution in [3.63, 3.8) is 0 Å². The Hall–Kier alpha value is -3.05. The SMILES string of the molecule is COc1ccc(C2C(C#N)=C(N)OC3=C2C(=O)CC(C)(C)C3)cc1Cn1nc(C)c(Br)c1C. The number of allylic oxidation sites excluding steroid dienone is 3. The first-order valence-electron chi connectivity index (χ1n) is 10.8. The van der Waals surface area contributed by atoms with E-state index in [9.17, 15) is 10.1 Å². The largest absolute Gasteiger partial charge is 0.496 e. The highest BCUT2D eigenvalue weighted by Crippen LogP contribution is 2.48. The molecule has 2 heterocycles. The average Bonchev–Trinajstić information content (AvgIpc) is 2.98. The first-order chi connectivity index (χ1) is 15.6. The number of nitrogens with two attached hydrogens (primary N) is 1. The summed E-state index contributed by atoms with van der Waals surface area (Å²) in [7, 11) is 1.62. The van der Waals surface area contributed by atoms with Crippen molar-refractivity contribution in [2.75, 3.05) is 7.11 Å². The highest BCUT2D eigenvalue weighted by molar-refractivity contribution is 9.10. The topological polar surface area (TPSA) is 103 Å². The van der Waals surface area contributed by atoms with Gasteiger partial charge in [-0.2, -0.15) is 10.4 Å². The molecule has 0 spiro atoms. The Morgan fingerprint density at radius 3 is 2.70 bits per heavy atom. The van der Waals surface area contributed by atoms with Crippen molar-refractivity contribution in [1.82, 2.24) is 9.78 Å². The van der Waals surface area contributed by atoms with Crippen LogP contribution in [0.1, 0.15) is 55.1 Å². The number of nitrogens with zero attached hydrogens (tertiary/aromatic N) is 3. The number of benzene rings is 1. The lowest BCUT2D eigenvalue weighted by Crippen LogP contribution is -2.33. The minimum absolute atomic E-state index is 0.00801. The average molecular weight is 511 g/mol. The molecule has 7 nitrogen and oxygen atoms in total. The van der Waals surface area contributed by atoms with E-state index in [0.717, 1.165) is 27.0 Å². The second-order valence-corrected chi connectivity index (χ2v) is 10.2. The molecular formula is C25H27BrN4O3. The summed E-state index contributed by atoms with van der Waals surface area (Å²) in [4.78, 5) is 13.2. The monoisotopic (exact) mass is 510 g/mol. The van der Waals surface area contributed by atoms with Crippen LogP contribution >= 0.6 is 15.9 Å². The number of hydrogen-bond acceptors (Lipinski definition) is 6. The molecule has 2 N–H and O–H groups in total. The van der Waals surface area contributed by atoms with Gasteiger partial charge >= 0.3 is 0 Å². The molecular weight excluding hydrogens is 484 g/mol. The molecule has 8 heteroatoms. The molecule has 0 bridgehead atoms. The van der Waals surface area contributed by atoms with Crippen LogP contribution in [-0.2, 0) is 16.1 Å². The van der Waals surface area contributed by atoms with Gasteiger partial charge in [-0.15, -0.1) is 0 Å². The fraction of sp³-hybridized carbons (Fsp3) is 0.400. The van der Waals surface area contributed by atoms with E-state index in [1.54, 1.807) is 7.11 Å². The van der Waals surface area contributed by atoms with Crippen LogP contribution < -0.4 is 10.5 Å². The van der Waals surface area contributed by atoms with Crippen molar-refractivity contribution in [1.29, 1.82) is 5.26 Å². The summed E-state index contributed by atoms with van der Waals surface area (Å²) >= 11 is 3.58. The van der Waals surface area contributed by atoms with Crippen LogP contribution in [0.5, 0.6) is 5.75 Å². The van der Waals surface area contributed by atoms with E-state index in [1.807, 2.05) is 50.6 Å². The van der Waals surface area contributed by atoms with Gasteiger partial charge in [0.1, 0.15) is 23.2 Å². The number of carbonyl (C=O) groups excluding carboxylic acids is 1. The van der Waals surface area contributed by atoms with Crippen LogP contribution in [0.3, 0.4) is 0 Å². The van der Waals surface area contributed by atoms with Gasteiger partial charge in [0.2, 0.25) is 5.88 Å². The zero-order chi connectivity index (χ0) is 24.1. The van der Waals surface area contributed by atoms with Crippen molar-refractivity contribution >= 4 is 21.7 Å². The van der Waals surface area contributed by atoms with Gasteiger partial charge in [-0.3, -0.25) is 9.48 Å². The second kappa shape index (κ2) is 8.38. The molecule has 0 amide bonds. The first kappa shape index (κ1) is 23.1.